The van der Waals surface area contributed by atoms with Crippen molar-refractivity contribution in [3.05, 3.63) is 146 Å². The molecule has 0 heterocycles. The van der Waals surface area contributed by atoms with Crippen molar-refractivity contribution in [3.63, 3.8) is 0 Å². The molecular formula is C31H27O4PS. The van der Waals surface area contributed by atoms with Crippen LogP contribution in [0.2, 0.25) is 0 Å². The highest BCUT2D eigenvalue weighted by molar-refractivity contribution is 8.01. The molecule has 6 heteroatoms. The number of para-hydroxylation sites is 1. The molecule has 0 fully saturated rings. The second-order valence-corrected chi connectivity index (χ2v) is 12.9. The number of rotatable bonds is 6. The topological polar surface area (TPSA) is 66.4 Å². The third kappa shape index (κ3) is 5.81. The average molecular weight is 527 g/mol. The number of methoxy groups -OCH3 is 1. The van der Waals surface area contributed by atoms with Crippen LogP contribution < -0.4 is 26.0 Å². The predicted octanol–water partition coefficient (Wildman–Crippen LogP) is 4.91. The highest BCUT2D eigenvalue weighted by Gasteiger charge is 2.47. The lowest BCUT2D eigenvalue weighted by atomic mass is 10.3. The van der Waals surface area contributed by atoms with E-state index >= 15 is 0 Å². The zero-order chi connectivity index (χ0) is 26.1. The lowest BCUT2D eigenvalue weighted by molar-refractivity contribution is 0.395. The van der Waals surface area contributed by atoms with Gasteiger partial charge in [-0.1, -0.05) is 84.9 Å². The van der Waals surface area contributed by atoms with Gasteiger partial charge in [0.25, 0.3) is 0 Å². The van der Waals surface area contributed by atoms with E-state index in [4.69, 9.17) is 4.74 Å². The normalized spacial score (nSPS) is 11.2. The minimum absolute atomic E-state index is 0.0764. The Balaban J connectivity index is 0.000000225. The van der Waals surface area contributed by atoms with Crippen LogP contribution in [0.15, 0.2) is 150 Å². The Morgan fingerprint density at radius 1 is 0.514 bits per heavy atom. The number of hydrogen-bond donors (Lipinski definition) is 0. The standard InChI is InChI=1S/C24H20P.C7H8O4S/c1-5-13-21(14-6-1)25(22-15-7-2-8-16-22,23-17-9-3-10-18-23)24-19-11-4-12-20-24;1-11-6-4-2-3-5-7(6)12(8,9)10/h1-20H;2-5H,1H3,(H,8,9,10)/q+1;/p-1. The van der Waals surface area contributed by atoms with Crippen molar-refractivity contribution in [3.8, 4) is 5.75 Å². The Labute approximate surface area is 219 Å². The van der Waals surface area contributed by atoms with Gasteiger partial charge in [-0.3, -0.25) is 0 Å². The molecular weight excluding hydrogens is 499 g/mol. The maximum atomic E-state index is 10.6. The van der Waals surface area contributed by atoms with Crippen molar-refractivity contribution in [1.82, 2.24) is 0 Å². The average Bonchev–Trinajstić information content (AvgIpc) is 2.96. The minimum atomic E-state index is -4.42. The molecule has 0 aliphatic heterocycles. The largest absolute Gasteiger partial charge is 0.744 e. The van der Waals surface area contributed by atoms with E-state index in [9.17, 15) is 13.0 Å². The summed E-state index contributed by atoms with van der Waals surface area (Å²) in [7, 11) is -5.02. The SMILES string of the molecule is COc1ccccc1S(=O)(=O)[O-].c1ccc([P+](c2ccccc2)(c2ccccc2)c2ccccc2)cc1. The fourth-order valence-corrected chi connectivity index (χ4v) is 9.24. The van der Waals surface area contributed by atoms with Crippen LogP contribution >= 0.6 is 7.26 Å². The molecule has 0 unspecified atom stereocenters. The highest BCUT2D eigenvalue weighted by Crippen LogP contribution is 2.53. The summed E-state index contributed by atoms with van der Waals surface area (Å²) in [6, 6.07) is 49.5. The summed E-state index contributed by atoms with van der Waals surface area (Å²) in [4.78, 5) is -0.326. The number of hydrogen-bond acceptors (Lipinski definition) is 4. The summed E-state index contributed by atoms with van der Waals surface area (Å²) in [5, 5.41) is 5.55. The molecule has 0 saturated carbocycles. The summed E-state index contributed by atoms with van der Waals surface area (Å²) in [6.07, 6.45) is 0. The summed E-state index contributed by atoms with van der Waals surface area (Å²) >= 11 is 0. The second-order valence-electron chi connectivity index (χ2n) is 8.12. The lowest BCUT2D eigenvalue weighted by Gasteiger charge is -2.27. The Morgan fingerprint density at radius 2 is 0.811 bits per heavy atom. The lowest BCUT2D eigenvalue weighted by Crippen LogP contribution is -2.38. The quantitative estimate of drug-likeness (QED) is 0.233. The van der Waals surface area contributed by atoms with Crippen LogP contribution in [0.3, 0.4) is 0 Å². The van der Waals surface area contributed by atoms with Crippen LogP contribution in [0, 0.1) is 0 Å². The van der Waals surface area contributed by atoms with Crippen LogP contribution in [0.5, 0.6) is 5.75 Å². The van der Waals surface area contributed by atoms with Gasteiger partial charge in [0.15, 0.2) is 0 Å². The van der Waals surface area contributed by atoms with Crippen molar-refractivity contribution < 1.29 is 17.7 Å². The molecule has 0 N–H and O–H groups in total. The molecule has 0 radical (unpaired) electrons. The van der Waals surface area contributed by atoms with E-state index in [1.165, 1.54) is 46.5 Å². The molecule has 5 aromatic rings. The van der Waals surface area contributed by atoms with Crippen LogP contribution in [0.25, 0.3) is 0 Å². The number of ether oxygens (including phenoxy) is 1. The van der Waals surface area contributed by atoms with E-state index in [1.807, 2.05) is 0 Å². The third-order valence-corrected chi connectivity index (χ3v) is 11.1. The highest BCUT2D eigenvalue weighted by atomic mass is 32.2. The summed E-state index contributed by atoms with van der Waals surface area (Å²) in [5.74, 6) is 0.0764. The Morgan fingerprint density at radius 3 is 1.08 bits per heavy atom. The molecule has 0 bridgehead atoms. The fraction of sp³-hybridized carbons (Fsp3) is 0.0323. The van der Waals surface area contributed by atoms with Crippen LogP contribution in [0.4, 0.5) is 0 Å². The smallest absolute Gasteiger partial charge is 0.144 e. The van der Waals surface area contributed by atoms with E-state index < -0.39 is 17.4 Å². The van der Waals surface area contributed by atoms with Gasteiger partial charge in [-0.05, 0) is 60.7 Å². The first-order valence-corrected chi connectivity index (χ1v) is 14.9. The molecule has 0 saturated heterocycles. The second kappa shape index (κ2) is 12.0. The first kappa shape index (κ1) is 26.3. The molecule has 0 atom stereocenters. The van der Waals surface area contributed by atoms with Gasteiger partial charge >= 0.3 is 0 Å². The maximum Gasteiger partial charge on any atom is 0.144 e. The monoisotopic (exact) mass is 526 g/mol. The van der Waals surface area contributed by atoms with Gasteiger partial charge in [0, 0.05) is 0 Å². The zero-order valence-corrected chi connectivity index (χ0v) is 22.1. The van der Waals surface area contributed by atoms with Gasteiger partial charge in [-0.25, -0.2) is 8.42 Å². The molecule has 0 aromatic heterocycles. The van der Waals surface area contributed by atoms with Gasteiger partial charge in [0.2, 0.25) is 0 Å². The van der Waals surface area contributed by atoms with Gasteiger partial charge in [-0.2, -0.15) is 0 Å². The Hall–Kier alpha value is -3.76. The summed E-state index contributed by atoms with van der Waals surface area (Å²) < 4.78 is 36.4. The van der Waals surface area contributed by atoms with Gasteiger partial charge < -0.3 is 9.29 Å². The van der Waals surface area contributed by atoms with Crippen LogP contribution in [0.1, 0.15) is 0 Å². The molecule has 4 nitrogen and oxygen atoms in total. The van der Waals surface area contributed by atoms with Crippen molar-refractivity contribution in [2.75, 3.05) is 7.11 Å². The van der Waals surface area contributed by atoms with Gasteiger partial charge in [-0.15, -0.1) is 0 Å². The van der Waals surface area contributed by atoms with Crippen molar-refractivity contribution in [2.24, 2.45) is 0 Å². The first-order valence-electron chi connectivity index (χ1n) is 11.7. The van der Waals surface area contributed by atoms with Crippen molar-refractivity contribution >= 4 is 38.6 Å². The van der Waals surface area contributed by atoms with E-state index in [1.54, 1.807) is 6.07 Å². The van der Waals surface area contributed by atoms with Crippen LogP contribution in [-0.2, 0) is 10.1 Å². The molecule has 5 rings (SSSR count). The Kier molecular flexibility index (Phi) is 8.52. The first-order chi connectivity index (χ1) is 18.0. The van der Waals surface area contributed by atoms with Crippen LogP contribution in [-0.4, -0.2) is 20.1 Å². The zero-order valence-electron chi connectivity index (χ0n) is 20.3. The van der Waals surface area contributed by atoms with Crippen molar-refractivity contribution in [1.29, 1.82) is 0 Å². The molecule has 0 aliphatic rings. The molecule has 0 aliphatic carbocycles. The number of benzene rings is 5. The van der Waals surface area contributed by atoms with Gasteiger partial charge in [0.05, 0.1) is 12.0 Å². The minimum Gasteiger partial charge on any atom is -0.744 e. The Bertz CT molecular complexity index is 1350. The molecule has 0 amide bonds. The van der Waals surface area contributed by atoms with Crippen molar-refractivity contribution in [2.45, 2.75) is 4.90 Å². The van der Waals surface area contributed by atoms with E-state index in [0.717, 1.165) is 0 Å². The summed E-state index contributed by atoms with van der Waals surface area (Å²) in [5.41, 5.74) is 0. The van der Waals surface area contributed by atoms with E-state index in [0.29, 0.717) is 0 Å². The molecule has 0 spiro atoms. The van der Waals surface area contributed by atoms with E-state index in [-0.39, 0.29) is 10.6 Å². The predicted molar refractivity (Wildman–Crippen MR) is 152 cm³/mol. The molecule has 186 valence electrons. The third-order valence-electron chi connectivity index (χ3n) is 5.91. The molecule has 5 aromatic carbocycles. The van der Waals surface area contributed by atoms with E-state index in [2.05, 4.69) is 121 Å². The summed E-state index contributed by atoms with van der Waals surface area (Å²) in [6.45, 7) is 0. The van der Waals surface area contributed by atoms with Gasteiger partial charge in [0.1, 0.15) is 44.3 Å². The fourth-order valence-electron chi connectivity index (χ4n) is 4.33. The maximum absolute atomic E-state index is 10.6. The molecule has 37 heavy (non-hydrogen) atoms.